The van der Waals surface area contributed by atoms with Gasteiger partial charge in [-0.1, -0.05) is 0 Å². The molecule has 3 aromatic rings. The third-order valence-electron chi connectivity index (χ3n) is 5.27. The average Bonchev–Trinajstić information content (AvgIpc) is 3.40. The van der Waals surface area contributed by atoms with E-state index < -0.39 is 5.56 Å². The van der Waals surface area contributed by atoms with Gasteiger partial charge >= 0.3 is 0 Å². The van der Waals surface area contributed by atoms with E-state index in [9.17, 15) is 14.4 Å². The summed E-state index contributed by atoms with van der Waals surface area (Å²) in [7, 11) is 1.60. The lowest BCUT2D eigenvalue weighted by molar-refractivity contribution is -0.127. The molecule has 0 spiro atoms. The van der Waals surface area contributed by atoms with E-state index in [-0.39, 0.29) is 18.4 Å². The number of carbonyl (C=O) groups excluding carboxylic acids is 2. The number of hydrogen-bond acceptors (Lipinski definition) is 6. The van der Waals surface area contributed by atoms with Gasteiger partial charge in [0.1, 0.15) is 24.1 Å². The van der Waals surface area contributed by atoms with E-state index in [1.54, 1.807) is 13.2 Å². The van der Waals surface area contributed by atoms with Crippen LogP contribution in [0.4, 0.5) is 0 Å². The van der Waals surface area contributed by atoms with Crippen molar-refractivity contribution in [2.24, 2.45) is 0 Å². The van der Waals surface area contributed by atoms with E-state index in [4.69, 9.17) is 4.74 Å². The summed E-state index contributed by atoms with van der Waals surface area (Å²) in [5.74, 6) is 0.598. The lowest BCUT2D eigenvalue weighted by Gasteiger charge is -2.15. The Bertz CT molecular complexity index is 1150. The van der Waals surface area contributed by atoms with Crippen LogP contribution >= 0.6 is 0 Å². The van der Waals surface area contributed by atoms with Gasteiger partial charge in [0.05, 0.1) is 12.8 Å². The van der Waals surface area contributed by atoms with Crippen molar-refractivity contribution in [3.8, 4) is 17.0 Å². The Morgan fingerprint density at radius 3 is 2.74 bits per heavy atom. The number of amides is 2. The number of likely N-dealkylation sites (tertiary alicyclic amines) is 1. The molecule has 0 atom stereocenters. The van der Waals surface area contributed by atoms with Crippen molar-refractivity contribution < 1.29 is 14.3 Å². The summed E-state index contributed by atoms with van der Waals surface area (Å²) in [5, 5.41) is 11.2. The van der Waals surface area contributed by atoms with E-state index in [1.807, 2.05) is 29.2 Å². The van der Waals surface area contributed by atoms with Crippen LogP contribution in [0.25, 0.3) is 16.8 Å². The van der Waals surface area contributed by atoms with Crippen LogP contribution in [0.5, 0.6) is 5.75 Å². The van der Waals surface area contributed by atoms with Crippen molar-refractivity contribution in [2.75, 3.05) is 26.7 Å². The van der Waals surface area contributed by atoms with Gasteiger partial charge in [-0.15, -0.1) is 0 Å². The molecule has 1 aromatic carbocycles. The van der Waals surface area contributed by atoms with Crippen LogP contribution in [0.15, 0.2) is 41.5 Å². The molecule has 1 aliphatic heterocycles. The third-order valence-corrected chi connectivity index (χ3v) is 5.27. The van der Waals surface area contributed by atoms with Gasteiger partial charge in [0.15, 0.2) is 0 Å². The summed E-state index contributed by atoms with van der Waals surface area (Å²) in [4.78, 5) is 38.4. The van der Waals surface area contributed by atoms with Gasteiger partial charge < -0.3 is 15.0 Å². The van der Waals surface area contributed by atoms with Gasteiger partial charge in [0, 0.05) is 31.6 Å². The Kier molecular flexibility index (Phi) is 5.96. The van der Waals surface area contributed by atoms with Gasteiger partial charge in [-0.05, 0) is 43.2 Å². The van der Waals surface area contributed by atoms with Gasteiger partial charge in [-0.3, -0.25) is 14.4 Å². The number of carbonyl (C=O) groups is 2. The molecule has 1 saturated heterocycles. The molecule has 162 valence electrons. The number of benzene rings is 1. The number of rotatable bonds is 8. The van der Waals surface area contributed by atoms with E-state index in [0.29, 0.717) is 37.1 Å². The second-order valence-corrected chi connectivity index (χ2v) is 7.37. The summed E-state index contributed by atoms with van der Waals surface area (Å²) in [6.45, 7) is 1.68. The van der Waals surface area contributed by atoms with Gasteiger partial charge in [0.25, 0.3) is 5.56 Å². The van der Waals surface area contributed by atoms with Crippen LogP contribution in [-0.4, -0.2) is 62.9 Å². The van der Waals surface area contributed by atoms with Crippen molar-refractivity contribution in [3.63, 3.8) is 0 Å². The van der Waals surface area contributed by atoms with Crippen LogP contribution in [0, 0.1) is 0 Å². The first-order valence-electron chi connectivity index (χ1n) is 10.2. The van der Waals surface area contributed by atoms with E-state index >= 15 is 0 Å². The molecule has 0 bridgehead atoms. The minimum absolute atomic E-state index is 0.171. The maximum absolute atomic E-state index is 12.7. The predicted molar refractivity (Wildman–Crippen MR) is 113 cm³/mol. The number of nitrogens with one attached hydrogen (secondary N) is 1. The first-order valence-corrected chi connectivity index (χ1v) is 10.2. The average molecular weight is 424 g/mol. The summed E-state index contributed by atoms with van der Waals surface area (Å²) in [6.07, 6.45) is 3.60. The zero-order valence-electron chi connectivity index (χ0n) is 17.3. The zero-order chi connectivity index (χ0) is 21.8. The normalized spacial score (nSPS) is 13.7. The van der Waals surface area contributed by atoms with Crippen LogP contribution < -0.4 is 15.6 Å². The van der Waals surface area contributed by atoms with Gasteiger partial charge in [0.2, 0.25) is 11.8 Å². The Morgan fingerprint density at radius 2 is 2.03 bits per heavy atom. The molecular weight excluding hydrogens is 400 g/mol. The van der Waals surface area contributed by atoms with Crippen LogP contribution in [-0.2, 0) is 16.1 Å². The van der Waals surface area contributed by atoms with Crippen molar-refractivity contribution in [2.45, 2.75) is 25.8 Å². The zero-order valence-corrected chi connectivity index (χ0v) is 17.3. The molecular formula is C21H24N6O4. The Labute approximate surface area is 178 Å². The molecule has 1 N–H and O–H groups in total. The summed E-state index contributed by atoms with van der Waals surface area (Å²) in [6, 6.07) is 9.03. The van der Waals surface area contributed by atoms with Crippen LogP contribution in [0.1, 0.15) is 19.3 Å². The highest BCUT2D eigenvalue weighted by Crippen LogP contribution is 2.21. The lowest BCUT2D eigenvalue weighted by Crippen LogP contribution is -2.36. The molecule has 0 saturated carbocycles. The maximum Gasteiger partial charge on any atom is 0.293 e. The molecule has 0 aliphatic carbocycles. The van der Waals surface area contributed by atoms with E-state index in [0.717, 1.165) is 29.0 Å². The topological polar surface area (TPSA) is 111 Å². The first kappa shape index (κ1) is 20.6. The molecule has 0 unspecified atom stereocenters. The molecule has 1 aliphatic rings. The SMILES string of the molecule is COc1ccc(-c2cc3c(=O)n(CC(=O)NCCCN4CCCC4=O)ncn3n2)cc1. The van der Waals surface area contributed by atoms with Crippen molar-refractivity contribution >= 4 is 17.3 Å². The Hall–Kier alpha value is -3.69. The highest BCUT2D eigenvalue weighted by atomic mass is 16.5. The largest absolute Gasteiger partial charge is 0.497 e. The minimum atomic E-state index is -0.396. The van der Waals surface area contributed by atoms with Crippen molar-refractivity contribution in [3.05, 3.63) is 47.0 Å². The quantitative estimate of drug-likeness (QED) is 0.533. The van der Waals surface area contributed by atoms with Crippen molar-refractivity contribution in [1.29, 1.82) is 0 Å². The number of nitrogens with zero attached hydrogens (tertiary/aromatic N) is 5. The number of ether oxygens (including phenoxy) is 1. The number of fused-ring (bicyclic) bond motifs is 1. The van der Waals surface area contributed by atoms with E-state index in [2.05, 4.69) is 15.5 Å². The number of methoxy groups -OCH3 is 1. The molecule has 1 fully saturated rings. The molecule has 4 rings (SSSR count). The first-order chi connectivity index (χ1) is 15.0. The van der Waals surface area contributed by atoms with Crippen molar-refractivity contribution in [1.82, 2.24) is 29.6 Å². The smallest absolute Gasteiger partial charge is 0.293 e. The monoisotopic (exact) mass is 424 g/mol. The second kappa shape index (κ2) is 8.99. The number of hydrogen-bond donors (Lipinski definition) is 1. The predicted octanol–water partition coefficient (Wildman–Crippen LogP) is 0.695. The molecule has 2 aromatic heterocycles. The second-order valence-electron chi connectivity index (χ2n) is 7.37. The fourth-order valence-corrected chi connectivity index (χ4v) is 3.58. The van der Waals surface area contributed by atoms with E-state index in [1.165, 1.54) is 10.8 Å². The fourth-order valence-electron chi connectivity index (χ4n) is 3.58. The molecule has 10 heteroatoms. The Morgan fingerprint density at radius 1 is 1.23 bits per heavy atom. The Balaban J connectivity index is 1.38. The van der Waals surface area contributed by atoms with Gasteiger partial charge in [-0.2, -0.15) is 10.2 Å². The third kappa shape index (κ3) is 4.57. The highest BCUT2D eigenvalue weighted by Gasteiger charge is 2.19. The van der Waals surface area contributed by atoms with Gasteiger partial charge in [-0.25, -0.2) is 9.20 Å². The molecule has 0 radical (unpaired) electrons. The standard InChI is InChI=1S/C21H24N6O4/c1-31-16-7-5-15(6-8-16)17-12-18-21(30)26(23-14-27(18)24-17)13-19(28)22-9-3-11-25-10-2-4-20(25)29/h5-8,12,14H,2-4,9-11,13H2,1H3,(H,22,28). The summed E-state index contributed by atoms with van der Waals surface area (Å²) in [5.41, 5.74) is 1.40. The molecule has 2 amide bonds. The molecule has 3 heterocycles. The minimum Gasteiger partial charge on any atom is -0.497 e. The number of aromatic nitrogens is 4. The molecule has 31 heavy (non-hydrogen) atoms. The molecule has 10 nitrogen and oxygen atoms in total. The summed E-state index contributed by atoms with van der Waals surface area (Å²) < 4.78 is 7.68. The lowest BCUT2D eigenvalue weighted by atomic mass is 10.1. The van der Waals surface area contributed by atoms with Crippen LogP contribution in [0.2, 0.25) is 0 Å². The highest BCUT2D eigenvalue weighted by molar-refractivity contribution is 5.78. The fraction of sp³-hybridized carbons (Fsp3) is 0.381. The van der Waals surface area contributed by atoms with Crippen LogP contribution in [0.3, 0.4) is 0 Å². The maximum atomic E-state index is 12.7. The summed E-state index contributed by atoms with van der Waals surface area (Å²) >= 11 is 0.